The second-order valence-electron chi connectivity index (χ2n) is 3.06. The number of hydrogen-bond donors (Lipinski definition) is 1. The zero-order chi connectivity index (χ0) is 11.5. The van der Waals surface area contributed by atoms with Crippen molar-refractivity contribution in [2.45, 2.75) is 6.92 Å². The zero-order valence-electron chi connectivity index (χ0n) is 8.27. The molecule has 0 saturated carbocycles. The Morgan fingerprint density at radius 3 is 3.00 bits per heavy atom. The van der Waals surface area contributed by atoms with Crippen LogP contribution in [0.5, 0.6) is 0 Å². The van der Waals surface area contributed by atoms with Crippen molar-refractivity contribution in [1.82, 2.24) is 14.8 Å². The van der Waals surface area contributed by atoms with Crippen molar-refractivity contribution in [1.29, 1.82) is 0 Å². The monoisotopic (exact) mass is 238 g/mol. The summed E-state index contributed by atoms with van der Waals surface area (Å²) in [5, 5.41) is 9.51. The number of amides is 1. The van der Waals surface area contributed by atoms with Gasteiger partial charge in [0, 0.05) is 11.5 Å². The number of halogens is 1. The van der Waals surface area contributed by atoms with Crippen LogP contribution >= 0.6 is 11.5 Å². The first-order valence-corrected chi connectivity index (χ1v) is 5.17. The van der Waals surface area contributed by atoms with Crippen LogP contribution in [0.1, 0.15) is 15.9 Å². The Kier molecular flexibility index (Phi) is 2.86. The van der Waals surface area contributed by atoms with Crippen molar-refractivity contribution < 1.29 is 9.18 Å². The molecule has 0 saturated heterocycles. The van der Waals surface area contributed by atoms with Crippen LogP contribution in [0.25, 0.3) is 0 Å². The van der Waals surface area contributed by atoms with Crippen molar-refractivity contribution in [2.75, 3.05) is 5.32 Å². The summed E-state index contributed by atoms with van der Waals surface area (Å²) in [5.41, 5.74) is 0.401. The van der Waals surface area contributed by atoms with E-state index in [-0.39, 0.29) is 10.7 Å². The average molecular weight is 238 g/mol. The summed E-state index contributed by atoms with van der Waals surface area (Å²) in [4.78, 5) is 11.6. The molecule has 0 spiro atoms. The van der Waals surface area contributed by atoms with Crippen LogP contribution in [-0.2, 0) is 0 Å². The molecule has 7 heteroatoms. The molecule has 1 amide bonds. The Bertz CT molecular complexity index is 514. The smallest absolute Gasteiger partial charge is 0.260 e. The van der Waals surface area contributed by atoms with Crippen LogP contribution < -0.4 is 5.32 Å². The van der Waals surface area contributed by atoms with Crippen LogP contribution in [0.3, 0.4) is 0 Å². The van der Waals surface area contributed by atoms with Crippen molar-refractivity contribution in [3.8, 4) is 0 Å². The summed E-state index contributed by atoms with van der Waals surface area (Å²) in [5.74, 6) is -1.09. The lowest BCUT2D eigenvalue weighted by atomic mass is 10.1. The van der Waals surface area contributed by atoms with E-state index in [1.54, 1.807) is 19.1 Å². The van der Waals surface area contributed by atoms with Gasteiger partial charge in [-0.25, -0.2) is 4.39 Å². The fourth-order valence-corrected chi connectivity index (χ4v) is 1.53. The maximum atomic E-state index is 13.6. The first kappa shape index (κ1) is 10.6. The maximum Gasteiger partial charge on any atom is 0.260 e. The normalized spacial score (nSPS) is 10.1. The summed E-state index contributed by atoms with van der Waals surface area (Å²) in [6.07, 6.45) is 0. The molecule has 0 radical (unpaired) electrons. The zero-order valence-corrected chi connectivity index (χ0v) is 9.08. The number of carbonyl (C=O) groups is 1. The summed E-state index contributed by atoms with van der Waals surface area (Å²) in [7, 11) is 0. The number of benzene rings is 1. The number of hydrogen-bond acceptors (Lipinski definition) is 5. The van der Waals surface area contributed by atoms with Gasteiger partial charge < -0.3 is 0 Å². The van der Waals surface area contributed by atoms with Gasteiger partial charge in [0.2, 0.25) is 5.13 Å². The van der Waals surface area contributed by atoms with Gasteiger partial charge >= 0.3 is 0 Å². The van der Waals surface area contributed by atoms with Crippen molar-refractivity contribution in [3.05, 3.63) is 35.1 Å². The minimum absolute atomic E-state index is 0.0183. The maximum absolute atomic E-state index is 13.6. The van der Waals surface area contributed by atoms with E-state index >= 15 is 0 Å². The molecule has 1 N–H and O–H groups in total. The Balaban J connectivity index is 2.24. The Hall–Kier alpha value is -1.89. The number of rotatable bonds is 2. The second kappa shape index (κ2) is 4.31. The topological polar surface area (TPSA) is 67.8 Å². The Morgan fingerprint density at radius 2 is 2.31 bits per heavy atom. The molecule has 16 heavy (non-hydrogen) atoms. The standard InChI is InChI=1S/C9H7FN4OS/c1-5-3-2-4-6(7(5)10)8(15)11-9-12-13-14-16-9/h2-4H,1H3,(H,11,12,14,15). The molecule has 0 aliphatic carbocycles. The highest BCUT2D eigenvalue weighted by atomic mass is 32.1. The summed E-state index contributed by atoms with van der Waals surface area (Å²) < 4.78 is 17.1. The molecular formula is C9H7FN4OS. The SMILES string of the molecule is Cc1cccc(C(=O)Nc2nnns2)c1F. The van der Waals surface area contributed by atoms with Crippen LogP contribution in [-0.4, -0.2) is 20.7 Å². The van der Waals surface area contributed by atoms with Crippen LogP contribution in [0, 0.1) is 12.7 Å². The molecule has 1 heterocycles. The van der Waals surface area contributed by atoms with E-state index in [4.69, 9.17) is 0 Å². The Morgan fingerprint density at radius 1 is 1.50 bits per heavy atom. The number of carbonyl (C=O) groups excluding carboxylic acids is 1. The molecule has 0 unspecified atom stereocenters. The Labute approximate surface area is 94.5 Å². The number of nitrogens with zero attached hydrogens (tertiary/aromatic N) is 3. The first-order chi connectivity index (χ1) is 7.68. The van der Waals surface area contributed by atoms with Gasteiger partial charge in [0.15, 0.2) is 0 Å². The van der Waals surface area contributed by atoms with Crippen LogP contribution in [0.4, 0.5) is 9.52 Å². The highest BCUT2D eigenvalue weighted by Gasteiger charge is 2.14. The number of aryl methyl sites for hydroxylation is 1. The van der Waals surface area contributed by atoms with E-state index in [1.807, 2.05) is 0 Å². The van der Waals surface area contributed by atoms with Gasteiger partial charge in [-0.2, -0.15) is 0 Å². The molecular weight excluding hydrogens is 231 g/mol. The van der Waals surface area contributed by atoms with Crippen molar-refractivity contribution in [3.63, 3.8) is 0 Å². The third-order valence-corrected chi connectivity index (χ3v) is 2.47. The fourth-order valence-electron chi connectivity index (χ4n) is 1.17. The van der Waals surface area contributed by atoms with E-state index in [1.165, 1.54) is 6.07 Å². The molecule has 1 aromatic heterocycles. The van der Waals surface area contributed by atoms with Crippen molar-refractivity contribution in [2.24, 2.45) is 0 Å². The highest BCUT2D eigenvalue weighted by molar-refractivity contribution is 7.09. The number of aromatic nitrogens is 3. The van der Waals surface area contributed by atoms with E-state index in [0.717, 1.165) is 11.5 Å². The van der Waals surface area contributed by atoms with E-state index in [9.17, 15) is 9.18 Å². The summed E-state index contributed by atoms with van der Waals surface area (Å²) >= 11 is 0.929. The average Bonchev–Trinajstić information content (AvgIpc) is 2.74. The van der Waals surface area contributed by atoms with Gasteiger partial charge in [0.05, 0.1) is 5.56 Å². The third kappa shape index (κ3) is 2.03. The predicted molar refractivity (Wildman–Crippen MR) is 56.8 cm³/mol. The molecule has 0 aliphatic rings. The first-order valence-electron chi connectivity index (χ1n) is 4.40. The van der Waals surface area contributed by atoms with E-state index in [2.05, 4.69) is 20.1 Å². The molecule has 0 bridgehead atoms. The van der Waals surface area contributed by atoms with Gasteiger partial charge in [-0.1, -0.05) is 21.7 Å². The molecule has 1 aromatic carbocycles. The van der Waals surface area contributed by atoms with Crippen molar-refractivity contribution >= 4 is 22.6 Å². The van der Waals surface area contributed by atoms with Gasteiger partial charge in [-0.3, -0.25) is 10.1 Å². The fraction of sp³-hybridized carbons (Fsp3) is 0.111. The predicted octanol–water partition coefficient (Wildman–Crippen LogP) is 1.63. The second-order valence-corrected chi connectivity index (χ2v) is 3.79. The quantitative estimate of drug-likeness (QED) is 0.863. The lowest BCUT2D eigenvalue weighted by Gasteiger charge is -2.03. The lowest BCUT2D eigenvalue weighted by Crippen LogP contribution is -2.14. The molecule has 2 rings (SSSR count). The van der Waals surface area contributed by atoms with Gasteiger partial charge in [-0.15, -0.1) is 0 Å². The molecule has 0 fully saturated rings. The molecule has 5 nitrogen and oxygen atoms in total. The van der Waals surface area contributed by atoms with Gasteiger partial charge in [-0.05, 0) is 23.8 Å². The molecule has 82 valence electrons. The van der Waals surface area contributed by atoms with Crippen LogP contribution in [0.15, 0.2) is 18.2 Å². The van der Waals surface area contributed by atoms with E-state index < -0.39 is 11.7 Å². The number of anilines is 1. The molecule has 2 aromatic rings. The summed E-state index contributed by atoms with van der Waals surface area (Å²) in [6, 6.07) is 4.62. The summed E-state index contributed by atoms with van der Waals surface area (Å²) in [6.45, 7) is 1.60. The third-order valence-electron chi connectivity index (χ3n) is 1.96. The van der Waals surface area contributed by atoms with Crippen LogP contribution in [0.2, 0.25) is 0 Å². The lowest BCUT2D eigenvalue weighted by molar-refractivity contribution is 0.102. The largest absolute Gasteiger partial charge is 0.295 e. The molecule has 0 atom stereocenters. The molecule has 0 aliphatic heterocycles. The van der Waals surface area contributed by atoms with Gasteiger partial charge in [0.1, 0.15) is 5.82 Å². The van der Waals surface area contributed by atoms with E-state index in [0.29, 0.717) is 5.56 Å². The van der Waals surface area contributed by atoms with Gasteiger partial charge in [0.25, 0.3) is 5.91 Å². The minimum atomic E-state index is -0.556. The highest BCUT2D eigenvalue weighted by Crippen LogP contribution is 2.14. The number of nitrogens with one attached hydrogen (secondary N) is 1. The minimum Gasteiger partial charge on any atom is -0.295 e.